The monoisotopic (exact) mass is 312 g/mol. The Morgan fingerprint density at radius 3 is 2.18 bits per heavy atom. The van der Waals surface area contributed by atoms with Crippen molar-refractivity contribution in [2.75, 3.05) is 6.61 Å². The number of rotatable bonds is 12. The molecule has 0 rings (SSSR count). The van der Waals surface area contributed by atoms with Gasteiger partial charge < -0.3 is 9.84 Å². The van der Waals surface area contributed by atoms with Crippen molar-refractivity contribution >= 4 is 11.9 Å². The van der Waals surface area contributed by atoms with Crippen LogP contribution in [0.4, 0.5) is 0 Å². The SMILES string of the molecule is C=CCC(CCCC)C(=O)O.C=CCOC(=O)CCCCC. The highest BCUT2D eigenvalue weighted by Crippen LogP contribution is 2.12. The van der Waals surface area contributed by atoms with Gasteiger partial charge in [-0.1, -0.05) is 58.3 Å². The molecule has 0 amide bonds. The van der Waals surface area contributed by atoms with E-state index < -0.39 is 5.97 Å². The Labute approximate surface area is 135 Å². The zero-order valence-electron chi connectivity index (χ0n) is 14.2. The van der Waals surface area contributed by atoms with Gasteiger partial charge >= 0.3 is 11.9 Å². The Hall–Kier alpha value is -1.58. The van der Waals surface area contributed by atoms with Crippen LogP contribution in [0.5, 0.6) is 0 Å². The van der Waals surface area contributed by atoms with Crippen molar-refractivity contribution < 1.29 is 19.4 Å². The number of allylic oxidation sites excluding steroid dienone is 1. The summed E-state index contributed by atoms with van der Waals surface area (Å²) in [6, 6.07) is 0. The van der Waals surface area contributed by atoms with E-state index in [4.69, 9.17) is 9.84 Å². The van der Waals surface area contributed by atoms with Crippen molar-refractivity contribution in [2.24, 2.45) is 5.92 Å². The fourth-order valence-corrected chi connectivity index (χ4v) is 1.74. The molecule has 4 heteroatoms. The van der Waals surface area contributed by atoms with Gasteiger partial charge in [0, 0.05) is 6.42 Å². The first-order valence-corrected chi connectivity index (χ1v) is 8.13. The van der Waals surface area contributed by atoms with Gasteiger partial charge in [-0.05, 0) is 19.3 Å². The van der Waals surface area contributed by atoms with Crippen LogP contribution < -0.4 is 0 Å². The van der Waals surface area contributed by atoms with Gasteiger partial charge in [0.15, 0.2) is 0 Å². The van der Waals surface area contributed by atoms with Crippen molar-refractivity contribution in [3.63, 3.8) is 0 Å². The number of esters is 1. The highest BCUT2D eigenvalue weighted by molar-refractivity contribution is 5.70. The highest BCUT2D eigenvalue weighted by atomic mass is 16.5. The van der Waals surface area contributed by atoms with Crippen LogP contribution >= 0.6 is 0 Å². The van der Waals surface area contributed by atoms with Crippen LogP contribution in [-0.4, -0.2) is 23.7 Å². The summed E-state index contributed by atoms with van der Waals surface area (Å²) in [7, 11) is 0. The molecular weight excluding hydrogens is 280 g/mol. The lowest BCUT2D eigenvalue weighted by atomic mass is 9.99. The fourth-order valence-electron chi connectivity index (χ4n) is 1.74. The third-order valence-electron chi connectivity index (χ3n) is 3.05. The maximum Gasteiger partial charge on any atom is 0.306 e. The third kappa shape index (κ3) is 16.5. The maximum atomic E-state index is 10.8. The molecule has 128 valence electrons. The molecule has 0 radical (unpaired) electrons. The van der Waals surface area contributed by atoms with Gasteiger partial charge in [0.1, 0.15) is 6.61 Å². The molecule has 22 heavy (non-hydrogen) atoms. The van der Waals surface area contributed by atoms with Crippen molar-refractivity contribution in [1.82, 2.24) is 0 Å². The lowest BCUT2D eigenvalue weighted by Crippen LogP contribution is -2.12. The van der Waals surface area contributed by atoms with E-state index in [1.54, 1.807) is 12.2 Å². The van der Waals surface area contributed by atoms with Crippen molar-refractivity contribution in [2.45, 2.75) is 65.2 Å². The number of aliphatic carboxylic acids is 1. The van der Waals surface area contributed by atoms with E-state index in [1.165, 1.54) is 0 Å². The van der Waals surface area contributed by atoms with Crippen LogP contribution in [0, 0.1) is 5.92 Å². The molecule has 0 saturated carbocycles. The summed E-state index contributed by atoms with van der Waals surface area (Å²) >= 11 is 0. The van der Waals surface area contributed by atoms with Gasteiger partial charge in [-0.25, -0.2) is 0 Å². The Morgan fingerprint density at radius 1 is 1.09 bits per heavy atom. The average molecular weight is 312 g/mol. The highest BCUT2D eigenvalue weighted by Gasteiger charge is 2.13. The molecule has 1 unspecified atom stereocenters. The van der Waals surface area contributed by atoms with Gasteiger partial charge in [0.2, 0.25) is 0 Å². The van der Waals surface area contributed by atoms with Crippen molar-refractivity contribution in [1.29, 1.82) is 0 Å². The molecule has 4 nitrogen and oxygen atoms in total. The molecule has 0 heterocycles. The van der Waals surface area contributed by atoms with E-state index in [0.717, 1.165) is 38.5 Å². The normalized spacial score (nSPS) is 10.8. The van der Waals surface area contributed by atoms with Crippen LogP contribution in [0.15, 0.2) is 25.3 Å². The minimum Gasteiger partial charge on any atom is -0.481 e. The third-order valence-corrected chi connectivity index (χ3v) is 3.05. The van der Waals surface area contributed by atoms with E-state index in [-0.39, 0.29) is 11.9 Å². The largest absolute Gasteiger partial charge is 0.481 e. The molecule has 0 aromatic heterocycles. The molecule has 0 saturated heterocycles. The molecule has 0 spiro atoms. The molecule has 0 bridgehead atoms. The molecule has 0 aromatic rings. The second-order valence-corrected chi connectivity index (χ2v) is 5.13. The van der Waals surface area contributed by atoms with Gasteiger partial charge in [-0.15, -0.1) is 6.58 Å². The first kappa shape index (κ1) is 22.7. The average Bonchev–Trinajstić information content (AvgIpc) is 2.50. The smallest absolute Gasteiger partial charge is 0.306 e. The van der Waals surface area contributed by atoms with Gasteiger partial charge in [0.05, 0.1) is 5.92 Å². The number of carboxylic acids is 1. The number of carbonyl (C=O) groups excluding carboxylic acids is 1. The summed E-state index contributed by atoms with van der Waals surface area (Å²) in [5.74, 6) is -1.02. The fraction of sp³-hybridized carbons (Fsp3) is 0.667. The first-order chi connectivity index (χ1) is 10.5. The summed E-state index contributed by atoms with van der Waals surface area (Å²) in [6.07, 6.45) is 10.4. The zero-order valence-corrected chi connectivity index (χ0v) is 14.2. The van der Waals surface area contributed by atoms with Crippen LogP contribution in [0.3, 0.4) is 0 Å². The predicted octanol–water partition coefficient (Wildman–Crippen LogP) is 4.75. The lowest BCUT2D eigenvalue weighted by molar-refractivity contribution is -0.143. The quantitative estimate of drug-likeness (QED) is 0.321. The number of ether oxygens (including phenoxy) is 1. The topological polar surface area (TPSA) is 63.6 Å². The van der Waals surface area contributed by atoms with E-state index in [2.05, 4.69) is 27.0 Å². The molecule has 0 aliphatic carbocycles. The van der Waals surface area contributed by atoms with Crippen LogP contribution in [0.25, 0.3) is 0 Å². The summed E-state index contributed by atoms with van der Waals surface area (Å²) < 4.78 is 4.78. The maximum absolute atomic E-state index is 10.8. The van der Waals surface area contributed by atoms with Gasteiger partial charge in [0.25, 0.3) is 0 Å². The van der Waals surface area contributed by atoms with E-state index in [1.807, 2.05) is 0 Å². The number of unbranched alkanes of at least 4 members (excludes halogenated alkanes) is 3. The summed E-state index contributed by atoms with van der Waals surface area (Å²) in [5.41, 5.74) is 0. The van der Waals surface area contributed by atoms with Crippen LogP contribution in [-0.2, 0) is 14.3 Å². The van der Waals surface area contributed by atoms with Crippen LogP contribution in [0.1, 0.15) is 65.2 Å². The predicted molar refractivity (Wildman–Crippen MR) is 90.8 cm³/mol. The summed E-state index contributed by atoms with van der Waals surface area (Å²) in [6.45, 7) is 11.5. The Morgan fingerprint density at radius 2 is 1.73 bits per heavy atom. The van der Waals surface area contributed by atoms with E-state index in [0.29, 0.717) is 19.4 Å². The van der Waals surface area contributed by atoms with Crippen LogP contribution in [0.2, 0.25) is 0 Å². The minimum absolute atomic E-state index is 0.113. The Balaban J connectivity index is 0. The molecule has 0 aromatic carbocycles. The summed E-state index contributed by atoms with van der Waals surface area (Å²) in [5, 5.41) is 8.68. The van der Waals surface area contributed by atoms with Crippen molar-refractivity contribution in [3.05, 3.63) is 25.3 Å². The standard InChI is InChI=1S/2C9H16O2/c1-3-5-6-7-9(10)11-8-4-2;1-3-5-7-8(6-4-2)9(10)11/h4H,2-3,5-8H2,1H3;4,8H,2-3,5-7H2,1H3,(H,10,11). The number of carbonyl (C=O) groups is 2. The number of hydrogen-bond acceptors (Lipinski definition) is 3. The molecule has 1 N–H and O–H groups in total. The van der Waals surface area contributed by atoms with E-state index in [9.17, 15) is 9.59 Å². The Kier molecular flexibility index (Phi) is 18.0. The molecule has 0 aliphatic heterocycles. The minimum atomic E-state index is -0.696. The molecule has 0 fully saturated rings. The van der Waals surface area contributed by atoms with E-state index >= 15 is 0 Å². The van der Waals surface area contributed by atoms with Gasteiger partial charge in [-0.3, -0.25) is 9.59 Å². The summed E-state index contributed by atoms with van der Waals surface area (Å²) in [4.78, 5) is 21.4. The number of hydrogen-bond donors (Lipinski definition) is 1. The van der Waals surface area contributed by atoms with Gasteiger partial charge in [-0.2, -0.15) is 0 Å². The second-order valence-electron chi connectivity index (χ2n) is 5.13. The lowest BCUT2D eigenvalue weighted by Gasteiger charge is -2.07. The first-order valence-electron chi connectivity index (χ1n) is 8.13. The molecule has 1 atom stereocenters. The second kappa shape index (κ2) is 17.5. The number of carboxylic acid groups (broad SMARTS) is 1. The van der Waals surface area contributed by atoms with Crippen molar-refractivity contribution in [3.8, 4) is 0 Å². The molecular formula is C18H32O4. The molecule has 0 aliphatic rings. The zero-order chi connectivity index (χ0) is 17.2. The Bertz CT molecular complexity index is 308.